The van der Waals surface area contributed by atoms with Crippen molar-refractivity contribution in [2.45, 2.75) is 20.8 Å². The number of nitrogens with zero attached hydrogens (tertiary/aromatic N) is 3. The number of anilines is 1. The van der Waals surface area contributed by atoms with Crippen molar-refractivity contribution in [2.75, 3.05) is 37.7 Å². The minimum absolute atomic E-state index is 0.0957. The molecule has 0 radical (unpaired) electrons. The van der Waals surface area contributed by atoms with Crippen molar-refractivity contribution in [3.63, 3.8) is 0 Å². The van der Waals surface area contributed by atoms with Crippen LogP contribution in [0.15, 0.2) is 42.5 Å². The number of hydrogen-bond acceptors (Lipinski definition) is 5. The first-order chi connectivity index (χ1) is 14.0. The van der Waals surface area contributed by atoms with E-state index in [1.807, 2.05) is 37.3 Å². The molecule has 0 aliphatic rings. The van der Waals surface area contributed by atoms with Gasteiger partial charge in [-0.2, -0.15) is 0 Å². The molecule has 0 aliphatic carbocycles. The Morgan fingerprint density at radius 2 is 1.86 bits per heavy atom. The minimum Gasteiger partial charge on any atom is -0.483 e. The van der Waals surface area contributed by atoms with Gasteiger partial charge in [-0.25, -0.2) is 9.37 Å². The van der Waals surface area contributed by atoms with Gasteiger partial charge >= 0.3 is 0 Å². The Morgan fingerprint density at radius 1 is 1.10 bits per heavy atom. The van der Waals surface area contributed by atoms with E-state index in [1.165, 1.54) is 17.4 Å². The normalized spacial score (nSPS) is 11.2. The molecule has 2 aromatic carbocycles. The number of carbonyl (C=O) groups is 1. The van der Waals surface area contributed by atoms with Crippen molar-refractivity contribution >= 4 is 32.6 Å². The quantitative estimate of drug-likeness (QED) is 0.516. The van der Waals surface area contributed by atoms with E-state index < -0.39 is 0 Å². The van der Waals surface area contributed by atoms with Gasteiger partial charge in [0, 0.05) is 13.1 Å². The van der Waals surface area contributed by atoms with Gasteiger partial charge < -0.3 is 9.64 Å². The summed E-state index contributed by atoms with van der Waals surface area (Å²) in [6.45, 7) is 8.99. The summed E-state index contributed by atoms with van der Waals surface area (Å²) < 4.78 is 20.6. The van der Waals surface area contributed by atoms with Crippen LogP contribution in [-0.2, 0) is 4.79 Å². The van der Waals surface area contributed by atoms with Gasteiger partial charge in [-0.3, -0.25) is 9.69 Å². The second-order valence-corrected chi connectivity index (χ2v) is 7.72. The van der Waals surface area contributed by atoms with E-state index in [0.717, 1.165) is 23.4 Å². The second-order valence-electron chi connectivity index (χ2n) is 6.71. The van der Waals surface area contributed by atoms with Crippen molar-refractivity contribution in [3.8, 4) is 5.75 Å². The molecule has 0 fully saturated rings. The molecule has 3 aromatic rings. The number of ether oxygens (including phenoxy) is 1. The molecule has 5 nitrogen and oxygen atoms in total. The fourth-order valence-electron chi connectivity index (χ4n) is 3.06. The number of carbonyl (C=O) groups excluding carboxylic acids is 1. The number of hydrogen-bond donors (Lipinski definition) is 0. The summed E-state index contributed by atoms with van der Waals surface area (Å²) in [7, 11) is 0. The molecule has 7 heteroatoms. The fraction of sp³-hybridized carbons (Fsp3) is 0.364. The number of amides is 1. The van der Waals surface area contributed by atoms with Crippen molar-refractivity contribution in [3.05, 3.63) is 53.8 Å². The molecule has 0 aliphatic heterocycles. The zero-order valence-electron chi connectivity index (χ0n) is 17.0. The molecule has 0 atom stereocenters. The van der Waals surface area contributed by atoms with E-state index in [2.05, 4.69) is 23.7 Å². The van der Waals surface area contributed by atoms with Crippen LogP contribution in [0.25, 0.3) is 10.2 Å². The Balaban J connectivity index is 1.82. The summed E-state index contributed by atoms with van der Waals surface area (Å²) in [4.78, 5) is 21.3. The van der Waals surface area contributed by atoms with Gasteiger partial charge in [0.2, 0.25) is 0 Å². The average molecular weight is 416 g/mol. The van der Waals surface area contributed by atoms with E-state index in [1.54, 1.807) is 11.0 Å². The van der Waals surface area contributed by atoms with Crippen LogP contribution in [0.5, 0.6) is 5.75 Å². The van der Waals surface area contributed by atoms with Gasteiger partial charge in [-0.15, -0.1) is 0 Å². The third kappa shape index (κ3) is 5.10. The lowest BCUT2D eigenvalue weighted by molar-refractivity contribution is -0.120. The predicted octanol–water partition coefficient (Wildman–Crippen LogP) is 4.50. The Morgan fingerprint density at radius 3 is 2.55 bits per heavy atom. The van der Waals surface area contributed by atoms with Gasteiger partial charge in [0.15, 0.2) is 11.7 Å². The Labute approximate surface area is 174 Å². The zero-order chi connectivity index (χ0) is 20.8. The standard InChI is InChI=1S/C22H26FN3O2S/c1-4-25(5-2)13-14-26(20(27)15-28-18-11-7-6-9-16(18)3)22-24-21-17(23)10-8-12-19(21)29-22/h6-12H,4-5,13-15H2,1-3H3. The number of aromatic nitrogens is 1. The van der Waals surface area contributed by atoms with Gasteiger partial charge in [-0.05, 0) is 43.8 Å². The molecule has 29 heavy (non-hydrogen) atoms. The topological polar surface area (TPSA) is 45.7 Å². The number of rotatable bonds is 9. The lowest BCUT2D eigenvalue weighted by Gasteiger charge is -2.24. The average Bonchev–Trinajstić information content (AvgIpc) is 3.16. The predicted molar refractivity (Wildman–Crippen MR) is 116 cm³/mol. The summed E-state index contributed by atoms with van der Waals surface area (Å²) in [5.74, 6) is 0.108. The Hall–Kier alpha value is -2.51. The molecule has 0 N–H and O–H groups in total. The van der Waals surface area contributed by atoms with Gasteiger partial charge in [0.1, 0.15) is 17.1 Å². The smallest absolute Gasteiger partial charge is 0.266 e. The number of aryl methyl sites for hydroxylation is 1. The first-order valence-corrected chi connectivity index (χ1v) is 10.6. The molecule has 0 saturated carbocycles. The Kier molecular flexibility index (Phi) is 7.17. The van der Waals surface area contributed by atoms with Crippen LogP contribution in [-0.4, -0.2) is 48.6 Å². The molecule has 0 saturated heterocycles. The van der Waals surface area contributed by atoms with Gasteiger partial charge in [0.25, 0.3) is 5.91 Å². The minimum atomic E-state index is -0.377. The molecule has 0 bridgehead atoms. The third-order valence-electron chi connectivity index (χ3n) is 4.87. The molecule has 3 rings (SSSR count). The summed E-state index contributed by atoms with van der Waals surface area (Å²) in [6, 6.07) is 12.4. The highest BCUT2D eigenvalue weighted by Gasteiger charge is 2.22. The van der Waals surface area contributed by atoms with Crippen molar-refractivity contribution in [1.82, 2.24) is 9.88 Å². The number of likely N-dealkylation sites (N-methyl/N-ethyl adjacent to an activating group) is 1. The number of fused-ring (bicyclic) bond motifs is 1. The van der Waals surface area contributed by atoms with Gasteiger partial charge in [-0.1, -0.05) is 49.4 Å². The molecular weight excluding hydrogens is 389 g/mol. The lowest BCUT2D eigenvalue weighted by Crippen LogP contribution is -2.41. The van der Waals surface area contributed by atoms with Crippen LogP contribution >= 0.6 is 11.3 Å². The maximum Gasteiger partial charge on any atom is 0.266 e. The molecule has 0 spiro atoms. The van der Waals surface area contributed by atoms with Crippen LogP contribution in [0.2, 0.25) is 0 Å². The molecular formula is C22H26FN3O2S. The lowest BCUT2D eigenvalue weighted by atomic mass is 10.2. The number of thiazole rings is 1. The van der Waals surface area contributed by atoms with E-state index >= 15 is 0 Å². The summed E-state index contributed by atoms with van der Waals surface area (Å²) in [5, 5.41) is 0.496. The highest BCUT2D eigenvalue weighted by atomic mass is 32.1. The van der Waals surface area contributed by atoms with Crippen LogP contribution in [0, 0.1) is 12.7 Å². The van der Waals surface area contributed by atoms with Crippen LogP contribution in [0.1, 0.15) is 19.4 Å². The summed E-state index contributed by atoms with van der Waals surface area (Å²) >= 11 is 1.32. The maximum absolute atomic E-state index is 14.1. The highest BCUT2D eigenvalue weighted by Crippen LogP contribution is 2.30. The maximum atomic E-state index is 14.1. The first-order valence-electron chi connectivity index (χ1n) is 9.79. The Bertz CT molecular complexity index is 972. The highest BCUT2D eigenvalue weighted by molar-refractivity contribution is 7.22. The van der Waals surface area contributed by atoms with E-state index in [0.29, 0.717) is 29.5 Å². The van der Waals surface area contributed by atoms with Crippen LogP contribution in [0.4, 0.5) is 9.52 Å². The number of benzene rings is 2. The summed E-state index contributed by atoms with van der Waals surface area (Å²) in [6.07, 6.45) is 0. The molecule has 1 amide bonds. The van der Waals surface area contributed by atoms with Crippen LogP contribution < -0.4 is 9.64 Å². The number of halogens is 1. The van der Waals surface area contributed by atoms with Crippen molar-refractivity contribution < 1.29 is 13.9 Å². The number of para-hydroxylation sites is 2. The van der Waals surface area contributed by atoms with Crippen LogP contribution in [0.3, 0.4) is 0 Å². The molecule has 1 aromatic heterocycles. The summed E-state index contributed by atoms with van der Waals surface area (Å²) in [5.41, 5.74) is 1.27. The fourth-order valence-corrected chi connectivity index (χ4v) is 4.09. The molecule has 1 heterocycles. The molecule has 154 valence electrons. The third-order valence-corrected chi connectivity index (χ3v) is 5.91. The van der Waals surface area contributed by atoms with E-state index in [9.17, 15) is 9.18 Å². The first kappa shape index (κ1) is 21.2. The SMILES string of the molecule is CCN(CC)CCN(C(=O)COc1ccccc1C)c1nc2c(F)cccc2s1. The van der Waals surface area contributed by atoms with E-state index in [4.69, 9.17) is 4.74 Å². The second kappa shape index (κ2) is 9.80. The van der Waals surface area contributed by atoms with Gasteiger partial charge in [0.05, 0.1) is 4.70 Å². The monoisotopic (exact) mass is 415 g/mol. The van der Waals surface area contributed by atoms with E-state index in [-0.39, 0.29) is 18.3 Å². The van der Waals surface area contributed by atoms with Crippen molar-refractivity contribution in [1.29, 1.82) is 0 Å². The van der Waals surface area contributed by atoms with Crippen molar-refractivity contribution in [2.24, 2.45) is 0 Å². The largest absolute Gasteiger partial charge is 0.483 e. The zero-order valence-corrected chi connectivity index (χ0v) is 17.8. The molecule has 0 unspecified atom stereocenters.